The number of carbonyl (C=O) groups excluding carboxylic acids is 1. The topological polar surface area (TPSA) is 57.7 Å². The van der Waals surface area contributed by atoms with Gasteiger partial charge < -0.3 is 4.90 Å². The van der Waals surface area contributed by atoms with Crippen molar-refractivity contribution in [1.29, 1.82) is 0 Å². The third-order valence-electron chi connectivity index (χ3n) is 6.48. The first kappa shape index (κ1) is 22.3. The van der Waals surface area contributed by atoms with Crippen molar-refractivity contribution < 1.29 is 13.2 Å². The molecule has 2 fully saturated rings. The molecule has 7 heteroatoms. The molecule has 0 aromatic heterocycles. The number of sulfonamides is 1. The summed E-state index contributed by atoms with van der Waals surface area (Å²) in [4.78, 5) is 15.3. The molecule has 31 heavy (non-hydrogen) atoms. The molecule has 2 aliphatic rings. The minimum absolute atomic E-state index is 0.106. The van der Waals surface area contributed by atoms with Crippen molar-refractivity contribution in [1.82, 2.24) is 9.21 Å². The summed E-state index contributed by atoms with van der Waals surface area (Å²) >= 11 is 5.90. The molecule has 0 radical (unpaired) electrons. The van der Waals surface area contributed by atoms with Crippen molar-refractivity contribution >= 4 is 27.5 Å². The molecule has 166 valence electrons. The van der Waals surface area contributed by atoms with Crippen LogP contribution < -0.4 is 0 Å². The molecule has 5 nitrogen and oxygen atoms in total. The summed E-state index contributed by atoms with van der Waals surface area (Å²) in [6.45, 7) is 2.23. The molecule has 2 aliphatic heterocycles. The second kappa shape index (κ2) is 9.72. The number of piperidine rings is 2. The summed E-state index contributed by atoms with van der Waals surface area (Å²) in [5.74, 6) is 0.440. The lowest BCUT2D eigenvalue weighted by Crippen LogP contribution is -2.48. The number of hydrogen-bond donors (Lipinski definition) is 0. The van der Waals surface area contributed by atoms with Crippen molar-refractivity contribution in [2.75, 3.05) is 26.2 Å². The Morgan fingerprint density at radius 3 is 2.29 bits per heavy atom. The lowest BCUT2D eigenvalue weighted by atomic mass is 9.89. The zero-order chi connectivity index (χ0) is 21.8. The van der Waals surface area contributed by atoms with E-state index in [2.05, 4.69) is 24.3 Å². The minimum Gasteiger partial charge on any atom is -0.342 e. The maximum atomic E-state index is 13.2. The summed E-state index contributed by atoms with van der Waals surface area (Å²) in [5.41, 5.74) is 1.35. The van der Waals surface area contributed by atoms with Crippen LogP contribution in [-0.4, -0.2) is 49.7 Å². The number of benzene rings is 2. The smallest absolute Gasteiger partial charge is 0.243 e. The third-order valence-corrected chi connectivity index (χ3v) is 8.61. The Bertz CT molecular complexity index is 987. The van der Waals surface area contributed by atoms with Gasteiger partial charge in [0.25, 0.3) is 0 Å². The molecule has 4 rings (SSSR count). The van der Waals surface area contributed by atoms with E-state index >= 15 is 0 Å². The SMILES string of the molecule is O=C([C@@H]1CCCN(S(=O)(=O)c2ccc(Cl)cc2)C1)N1CCC(Cc2ccccc2)CC1. The highest BCUT2D eigenvalue weighted by Crippen LogP contribution is 2.28. The second-order valence-corrected chi connectivity index (χ2v) is 11.0. The van der Waals surface area contributed by atoms with Gasteiger partial charge in [-0.15, -0.1) is 0 Å². The Kier molecular flexibility index (Phi) is 6.99. The monoisotopic (exact) mass is 460 g/mol. The summed E-state index contributed by atoms with van der Waals surface area (Å²) < 4.78 is 27.5. The van der Waals surface area contributed by atoms with E-state index in [9.17, 15) is 13.2 Å². The second-order valence-electron chi connectivity index (χ2n) is 8.61. The van der Waals surface area contributed by atoms with Crippen LogP contribution in [0.3, 0.4) is 0 Å². The Morgan fingerprint density at radius 2 is 1.61 bits per heavy atom. The quantitative estimate of drug-likeness (QED) is 0.671. The van der Waals surface area contributed by atoms with Gasteiger partial charge in [0.05, 0.1) is 10.8 Å². The third kappa shape index (κ3) is 5.30. The zero-order valence-corrected chi connectivity index (χ0v) is 19.2. The van der Waals surface area contributed by atoms with Gasteiger partial charge in [-0.3, -0.25) is 4.79 Å². The molecule has 0 N–H and O–H groups in total. The summed E-state index contributed by atoms with van der Waals surface area (Å²) in [5, 5.41) is 0.501. The fourth-order valence-corrected chi connectivity index (χ4v) is 6.33. The number of rotatable bonds is 5. The molecule has 0 saturated carbocycles. The lowest BCUT2D eigenvalue weighted by molar-refractivity contribution is -0.138. The van der Waals surface area contributed by atoms with Crippen LogP contribution in [0.15, 0.2) is 59.5 Å². The minimum atomic E-state index is -3.62. The standard InChI is InChI=1S/C24H29ClN2O3S/c25-22-8-10-23(11-9-22)31(29,30)27-14-4-7-21(18-27)24(28)26-15-12-20(13-16-26)17-19-5-2-1-3-6-19/h1-3,5-6,8-11,20-21H,4,7,12-18H2/t21-/m1/s1. The first-order valence-corrected chi connectivity index (χ1v) is 12.8. The van der Waals surface area contributed by atoms with E-state index in [0.717, 1.165) is 38.8 Å². The van der Waals surface area contributed by atoms with E-state index in [1.807, 2.05) is 11.0 Å². The van der Waals surface area contributed by atoms with Crippen molar-refractivity contribution in [2.24, 2.45) is 11.8 Å². The van der Waals surface area contributed by atoms with Gasteiger partial charge in [-0.1, -0.05) is 41.9 Å². The lowest BCUT2D eigenvalue weighted by Gasteiger charge is -2.37. The van der Waals surface area contributed by atoms with E-state index in [0.29, 0.717) is 23.9 Å². The largest absolute Gasteiger partial charge is 0.342 e. The molecule has 2 heterocycles. The molecule has 0 spiro atoms. The molecule has 2 saturated heterocycles. The first-order chi connectivity index (χ1) is 14.9. The number of halogens is 1. The van der Waals surface area contributed by atoms with Gasteiger partial charge in [0.15, 0.2) is 0 Å². The average Bonchev–Trinajstić information content (AvgIpc) is 2.80. The van der Waals surface area contributed by atoms with E-state index in [4.69, 9.17) is 11.6 Å². The van der Waals surface area contributed by atoms with Crippen LogP contribution >= 0.6 is 11.6 Å². The van der Waals surface area contributed by atoms with Gasteiger partial charge in [-0.05, 0) is 67.9 Å². The van der Waals surface area contributed by atoms with Crippen molar-refractivity contribution in [3.63, 3.8) is 0 Å². The molecule has 0 aliphatic carbocycles. The Morgan fingerprint density at radius 1 is 0.935 bits per heavy atom. The molecule has 2 aromatic carbocycles. The number of carbonyl (C=O) groups is 1. The van der Waals surface area contributed by atoms with Crippen LogP contribution in [0.5, 0.6) is 0 Å². The normalized spacial score (nSPS) is 21.2. The predicted octanol–water partition coefficient (Wildman–Crippen LogP) is 4.22. The molecule has 1 amide bonds. The summed E-state index contributed by atoms with van der Waals surface area (Å²) in [6, 6.07) is 16.7. The maximum Gasteiger partial charge on any atom is 0.243 e. The van der Waals surface area contributed by atoms with Gasteiger partial charge in [0, 0.05) is 31.2 Å². The maximum absolute atomic E-state index is 13.2. The van der Waals surface area contributed by atoms with Crippen LogP contribution in [0.2, 0.25) is 5.02 Å². The zero-order valence-electron chi connectivity index (χ0n) is 17.6. The van der Waals surface area contributed by atoms with Crippen LogP contribution in [0, 0.1) is 11.8 Å². The molecule has 2 aromatic rings. The Balaban J connectivity index is 1.34. The van der Waals surface area contributed by atoms with Crippen LogP contribution in [0.1, 0.15) is 31.2 Å². The molecular weight excluding hydrogens is 432 g/mol. The highest BCUT2D eigenvalue weighted by molar-refractivity contribution is 7.89. The van der Waals surface area contributed by atoms with Gasteiger partial charge in [0.1, 0.15) is 0 Å². The van der Waals surface area contributed by atoms with E-state index in [-0.39, 0.29) is 23.3 Å². The van der Waals surface area contributed by atoms with E-state index < -0.39 is 10.0 Å². The predicted molar refractivity (Wildman–Crippen MR) is 122 cm³/mol. The number of nitrogens with zero attached hydrogens (tertiary/aromatic N) is 2. The van der Waals surface area contributed by atoms with Crippen LogP contribution in [0.25, 0.3) is 0 Å². The van der Waals surface area contributed by atoms with Gasteiger partial charge in [0.2, 0.25) is 15.9 Å². The van der Waals surface area contributed by atoms with Crippen LogP contribution in [0.4, 0.5) is 0 Å². The summed E-state index contributed by atoms with van der Waals surface area (Å²) in [7, 11) is -3.62. The number of amides is 1. The highest BCUT2D eigenvalue weighted by Gasteiger charge is 2.36. The number of hydrogen-bond acceptors (Lipinski definition) is 3. The number of likely N-dealkylation sites (tertiary alicyclic amines) is 1. The molecule has 1 atom stereocenters. The van der Waals surface area contributed by atoms with Crippen molar-refractivity contribution in [3.8, 4) is 0 Å². The fraction of sp³-hybridized carbons (Fsp3) is 0.458. The van der Waals surface area contributed by atoms with E-state index in [1.54, 1.807) is 12.1 Å². The Labute approximate surface area is 190 Å². The van der Waals surface area contributed by atoms with Gasteiger partial charge in [-0.25, -0.2) is 8.42 Å². The average molecular weight is 461 g/mol. The fourth-order valence-electron chi connectivity index (χ4n) is 4.68. The van der Waals surface area contributed by atoms with Gasteiger partial charge in [-0.2, -0.15) is 4.31 Å². The molecular formula is C24H29ClN2O3S. The molecule has 0 unspecified atom stereocenters. The highest BCUT2D eigenvalue weighted by atomic mass is 35.5. The Hall–Kier alpha value is -1.89. The van der Waals surface area contributed by atoms with Crippen molar-refractivity contribution in [2.45, 2.75) is 37.0 Å². The van der Waals surface area contributed by atoms with Gasteiger partial charge >= 0.3 is 0 Å². The molecule has 0 bridgehead atoms. The van der Waals surface area contributed by atoms with Crippen molar-refractivity contribution in [3.05, 3.63) is 65.2 Å². The van der Waals surface area contributed by atoms with E-state index in [1.165, 1.54) is 22.0 Å². The van der Waals surface area contributed by atoms with Crippen LogP contribution in [-0.2, 0) is 21.2 Å². The summed E-state index contributed by atoms with van der Waals surface area (Å²) in [6.07, 6.45) is 4.50. The first-order valence-electron chi connectivity index (χ1n) is 11.0.